The third-order valence-electron chi connectivity index (χ3n) is 3.34. The van der Waals surface area contributed by atoms with Crippen molar-refractivity contribution in [3.05, 3.63) is 42.2 Å². The maximum absolute atomic E-state index is 8.52. The maximum atomic E-state index is 8.52. The average Bonchev–Trinajstić information content (AvgIpc) is 2.52. The molecule has 8 heteroatoms. The summed E-state index contributed by atoms with van der Waals surface area (Å²) in [4.78, 5) is 0. The van der Waals surface area contributed by atoms with Crippen molar-refractivity contribution in [3.8, 4) is 5.75 Å². The van der Waals surface area contributed by atoms with Crippen LogP contribution in [0.5, 0.6) is 5.75 Å². The van der Waals surface area contributed by atoms with Gasteiger partial charge in [-0.2, -0.15) is 0 Å². The van der Waals surface area contributed by atoms with Crippen LogP contribution in [0.1, 0.15) is 65.2 Å². The van der Waals surface area contributed by atoms with E-state index in [1.54, 1.807) is 0 Å². The fourth-order valence-corrected chi connectivity index (χ4v) is 2.15. The average molecular weight is 402 g/mol. The molecule has 0 unspecified atom stereocenters. The molecule has 1 rings (SSSR count). The molecule has 0 spiro atoms. The normalized spacial score (nSPS) is 10.7. The van der Waals surface area contributed by atoms with Gasteiger partial charge in [0.15, 0.2) is 0 Å². The molecule has 5 nitrogen and oxygen atoms in total. The van der Waals surface area contributed by atoms with Crippen molar-refractivity contribution in [2.75, 3.05) is 0 Å². The van der Waals surface area contributed by atoms with Crippen LogP contribution in [0.2, 0.25) is 0 Å². The molecule has 138 valence electrons. The molecule has 0 aliphatic heterocycles. The summed E-state index contributed by atoms with van der Waals surface area (Å²) in [6.45, 7) is 4.32. The third kappa shape index (κ3) is 24.6. The fourth-order valence-electron chi connectivity index (χ4n) is 2.15. The first-order valence-electron chi connectivity index (χ1n) is 8.41. The van der Waals surface area contributed by atoms with E-state index in [0.717, 1.165) is 17.9 Å². The summed E-state index contributed by atoms with van der Waals surface area (Å²) in [6.07, 6.45) is 12.6. The molecule has 0 atom stereocenters. The summed E-state index contributed by atoms with van der Waals surface area (Å²) in [5.41, 5.74) is 0. The van der Waals surface area contributed by atoms with Gasteiger partial charge in [0.05, 0.1) is 5.76 Å². The fraction of sp³-hybridized carbons (Fsp3) is 0.556. The third-order valence-corrected chi connectivity index (χ3v) is 3.34. The molecule has 26 heavy (non-hydrogen) atoms. The van der Waals surface area contributed by atoms with Gasteiger partial charge >= 0.3 is 59.1 Å². The van der Waals surface area contributed by atoms with E-state index in [0.29, 0.717) is 0 Å². The van der Waals surface area contributed by atoms with Crippen molar-refractivity contribution in [3.63, 3.8) is 0 Å². The summed E-state index contributed by atoms with van der Waals surface area (Å²) in [6, 6.07) is 10.0. The van der Waals surface area contributed by atoms with Crippen molar-refractivity contribution in [2.45, 2.75) is 65.2 Å². The number of unbranched alkanes of at least 4 members (excludes halogenated alkanes) is 6. The zero-order valence-electron chi connectivity index (χ0n) is 16.6. The summed E-state index contributed by atoms with van der Waals surface area (Å²) in [7, 11) is -5.17. The Morgan fingerprint density at radius 1 is 0.962 bits per heavy atom. The summed E-state index contributed by atoms with van der Waals surface area (Å²) in [5, 5.41) is 0. The molecule has 0 saturated heterocycles. The molecule has 0 amide bonds. The topological polar surface area (TPSA) is 89.5 Å². The van der Waals surface area contributed by atoms with Gasteiger partial charge in [-0.3, -0.25) is 8.42 Å². The molecule has 0 N–H and O–H groups in total. The van der Waals surface area contributed by atoms with E-state index < -0.39 is 10.4 Å². The second-order valence-corrected chi connectivity index (χ2v) is 6.27. The first kappa shape index (κ1) is 31.3. The van der Waals surface area contributed by atoms with Crippen molar-refractivity contribution in [2.24, 2.45) is 0 Å². The Hall–Kier alpha value is 0.630. The smallest absolute Gasteiger partial charge is 0.759 e. The van der Waals surface area contributed by atoms with E-state index in [1.165, 1.54) is 44.9 Å². The van der Waals surface area contributed by atoms with E-state index in [9.17, 15) is 0 Å². The number of hydrogen-bond acceptors (Lipinski definition) is 5. The zero-order valence-corrected chi connectivity index (χ0v) is 21.4. The van der Waals surface area contributed by atoms with Gasteiger partial charge in [-0.25, -0.2) is 0 Å². The van der Waals surface area contributed by atoms with E-state index in [1.807, 2.05) is 30.3 Å². The molecule has 0 aliphatic carbocycles. The van der Waals surface area contributed by atoms with Crippen LogP contribution >= 0.6 is 0 Å². The van der Waals surface area contributed by atoms with Gasteiger partial charge in [-0.1, -0.05) is 63.6 Å². The van der Waals surface area contributed by atoms with Gasteiger partial charge in [-0.15, -0.1) is 0 Å². The van der Waals surface area contributed by atoms with E-state index in [2.05, 4.69) is 19.9 Å². The molecule has 0 fully saturated rings. The Labute approximate surface area is 203 Å². The minimum absolute atomic E-state index is 0. The summed E-state index contributed by atoms with van der Waals surface area (Å²) >= 11 is 0. The first-order chi connectivity index (χ1) is 11.4. The second kappa shape index (κ2) is 20.4. The van der Waals surface area contributed by atoms with Crippen LogP contribution in [0, 0.1) is 0 Å². The Bertz CT molecular complexity index is 540. The van der Waals surface area contributed by atoms with Crippen LogP contribution < -0.4 is 63.9 Å². The predicted molar refractivity (Wildman–Crippen MR) is 93.9 cm³/mol. The van der Waals surface area contributed by atoms with Crippen LogP contribution in [0.25, 0.3) is 0 Å². The SMILES string of the molecule is CC=C(CCCCCCCCC)Oc1ccccc1.O=S(=O)([O-])[O-].[Na+].[Na+]. The number of rotatable bonds is 10. The van der Waals surface area contributed by atoms with Crippen molar-refractivity contribution in [1.82, 2.24) is 0 Å². The zero-order chi connectivity index (χ0) is 18.3. The standard InChI is InChI=1S/C18H28O.2Na.H2O4S/c1-3-5-6-7-8-9-11-14-17(4-2)19-18-15-12-10-13-16-18;;;1-5(2,3)4/h4,10,12-13,15-16H,3,5-9,11,14H2,1-2H3;;;(H2,1,2,3,4)/q;2*+1;/p-2. The van der Waals surface area contributed by atoms with Gasteiger partial charge in [0.2, 0.25) is 0 Å². The summed E-state index contributed by atoms with van der Waals surface area (Å²) in [5.74, 6) is 2.04. The molecule has 0 saturated carbocycles. The maximum Gasteiger partial charge on any atom is 1.00 e. The molecule has 0 aliphatic rings. The Kier molecular flexibility index (Phi) is 24.5. The second-order valence-electron chi connectivity index (χ2n) is 5.45. The Morgan fingerprint density at radius 2 is 1.42 bits per heavy atom. The predicted octanol–water partition coefficient (Wildman–Crippen LogP) is -1.22. The van der Waals surface area contributed by atoms with Crippen LogP contribution in [0.4, 0.5) is 0 Å². The quantitative estimate of drug-likeness (QED) is 0.161. The van der Waals surface area contributed by atoms with Gasteiger partial charge < -0.3 is 13.8 Å². The van der Waals surface area contributed by atoms with Crippen LogP contribution in [0.3, 0.4) is 0 Å². The molecular weight excluding hydrogens is 374 g/mol. The molecule has 1 aromatic rings. The van der Waals surface area contributed by atoms with E-state index >= 15 is 0 Å². The minimum atomic E-state index is -5.17. The van der Waals surface area contributed by atoms with Gasteiger partial charge in [0.1, 0.15) is 5.75 Å². The first-order valence-corrected chi connectivity index (χ1v) is 9.75. The Balaban J connectivity index is -0.000000668. The monoisotopic (exact) mass is 402 g/mol. The van der Waals surface area contributed by atoms with Gasteiger partial charge in [0.25, 0.3) is 0 Å². The summed E-state index contributed by atoms with van der Waals surface area (Å²) < 4.78 is 40.0. The van der Waals surface area contributed by atoms with Crippen molar-refractivity contribution >= 4 is 10.4 Å². The molecule has 1 aromatic carbocycles. The minimum Gasteiger partial charge on any atom is -0.759 e. The molecular formula is C18H28Na2O5S. The van der Waals surface area contributed by atoms with Crippen molar-refractivity contribution in [1.29, 1.82) is 0 Å². The van der Waals surface area contributed by atoms with Crippen molar-refractivity contribution < 1.29 is 81.4 Å². The molecule has 0 aromatic heterocycles. The number of ether oxygens (including phenoxy) is 1. The number of allylic oxidation sites excluding steroid dienone is 2. The van der Waals surface area contributed by atoms with Crippen LogP contribution in [-0.2, 0) is 10.4 Å². The Morgan fingerprint density at radius 3 is 1.88 bits per heavy atom. The largest absolute Gasteiger partial charge is 1.00 e. The molecule has 0 radical (unpaired) electrons. The van der Waals surface area contributed by atoms with E-state index in [-0.39, 0.29) is 59.1 Å². The van der Waals surface area contributed by atoms with Gasteiger partial charge in [0, 0.05) is 16.8 Å². The van der Waals surface area contributed by atoms with Gasteiger partial charge in [-0.05, 0) is 31.6 Å². The van der Waals surface area contributed by atoms with Crippen LogP contribution in [-0.4, -0.2) is 17.5 Å². The number of hydrogen-bond donors (Lipinski definition) is 0. The number of benzene rings is 1. The molecule has 0 heterocycles. The van der Waals surface area contributed by atoms with Crippen LogP contribution in [0.15, 0.2) is 42.2 Å². The molecule has 0 bridgehead atoms. The van der Waals surface area contributed by atoms with E-state index in [4.69, 9.17) is 22.3 Å². The number of para-hydroxylation sites is 1.